The Kier molecular flexibility index (Phi) is 3.05. The van der Waals surface area contributed by atoms with Crippen LogP contribution in [-0.4, -0.2) is 4.68 Å². The lowest BCUT2D eigenvalue weighted by Crippen LogP contribution is -2.30. The number of hydrogen-bond acceptors (Lipinski definition) is 3. The molecule has 0 aromatic carbocycles. The van der Waals surface area contributed by atoms with Crippen molar-refractivity contribution in [3.8, 4) is 0 Å². The monoisotopic (exact) mass is 310 g/mol. The van der Waals surface area contributed by atoms with Gasteiger partial charge in [-0.15, -0.1) is 22.7 Å². The summed E-state index contributed by atoms with van der Waals surface area (Å²) in [5.74, 6) is 0. The quantitative estimate of drug-likeness (QED) is 0.687. The molecular formula is C17H14N2S2. The lowest BCUT2D eigenvalue weighted by molar-refractivity contribution is 0.749. The molecule has 0 bridgehead atoms. The van der Waals surface area contributed by atoms with Crippen LogP contribution < -0.4 is 5.01 Å². The highest BCUT2D eigenvalue weighted by Gasteiger charge is 2.33. The summed E-state index contributed by atoms with van der Waals surface area (Å²) in [5, 5.41) is 6.37. The second kappa shape index (κ2) is 5.06. The number of rotatable bonds is 3. The summed E-state index contributed by atoms with van der Waals surface area (Å²) >= 11 is 3.61. The second-order valence-corrected chi connectivity index (χ2v) is 6.79. The zero-order valence-electron chi connectivity index (χ0n) is 11.3. The lowest BCUT2D eigenvalue weighted by Gasteiger charge is -2.31. The van der Waals surface area contributed by atoms with Crippen LogP contribution in [0.5, 0.6) is 0 Å². The third kappa shape index (κ3) is 2.07. The summed E-state index contributed by atoms with van der Waals surface area (Å²) in [5.41, 5.74) is -0.133. The van der Waals surface area contributed by atoms with Gasteiger partial charge in [-0.25, -0.2) is 0 Å². The van der Waals surface area contributed by atoms with E-state index in [1.807, 2.05) is 24.5 Å². The number of nitrogens with zero attached hydrogens (tertiary/aromatic N) is 2. The molecule has 0 fully saturated rings. The van der Waals surface area contributed by atoms with Crippen molar-refractivity contribution in [1.29, 1.82) is 0 Å². The van der Waals surface area contributed by atoms with Crippen molar-refractivity contribution in [2.24, 2.45) is 0 Å². The number of thiophene rings is 2. The fourth-order valence-electron chi connectivity index (χ4n) is 2.60. The van der Waals surface area contributed by atoms with E-state index in [1.165, 1.54) is 9.75 Å². The van der Waals surface area contributed by atoms with Crippen molar-refractivity contribution >= 4 is 22.7 Å². The highest BCUT2D eigenvalue weighted by molar-refractivity contribution is 7.12. The molecule has 0 saturated heterocycles. The van der Waals surface area contributed by atoms with Gasteiger partial charge in [-0.3, -0.25) is 9.69 Å². The molecule has 0 aliphatic carbocycles. The minimum absolute atomic E-state index is 0.133. The minimum atomic E-state index is -0.133. The van der Waals surface area contributed by atoms with Crippen molar-refractivity contribution in [2.75, 3.05) is 5.01 Å². The van der Waals surface area contributed by atoms with Gasteiger partial charge in [-0.05, 0) is 47.2 Å². The molecule has 21 heavy (non-hydrogen) atoms. The van der Waals surface area contributed by atoms with Gasteiger partial charge in [0.15, 0.2) is 0 Å². The molecule has 0 radical (unpaired) electrons. The smallest absolute Gasteiger partial charge is 0.0784 e. The van der Waals surface area contributed by atoms with Gasteiger partial charge in [-0.1, -0.05) is 12.1 Å². The molecule has 1 aliphatic rings. The Labute approximate surface area is 131 Å². The predicted octanol–water partition coefficient (Wildman–Crippen LogP) is 4.58. The maximum Gasteiger partial charge on any atom is 0.0784 e. The van der Waals surface area contributed by atoms with Crippen molar-refractivity contribution in [1.82, 2.24) is 4.68 Å². The SMILES string of the molecule is C1=CC(c2cccs2)(c2cccs2)C=CN1n1cccc1. The van der Waals surface area contributed by atoms with Crippen LogP contribution in [0, 0.1) is 0 Å². The fourth-order valence-corrected chi connectivity index (χ4v) is 4.47. The van der Waals surface area contributed by atoms with Crippen LogP contribution in [0.25, 0.3) is 0 Å². The fraction of sp³-hybridized carbons (Fsp3) is 0.0588. The molecule has 2 nitrogen and oxygen atoms in total. The van der Waals surface area contributed by atoms with Gasteiger partial charge in [0.1, 0.15) is 0 Å². The Morgan fingerprint density at radius 2 is 1.33 bits per heavy atom. The van der Waals surface area contributed by atoms with Crippen LogP contribution >= 0.6 is 22.7 Å². The summed E-state index contributed by atoms with van der Waals surface area (Å²) in [7, 11) is 0. The summed E-state index contributed by atoms with van der Waals surface area (Å²) in [6, 6.07) is 12.7. The zero-order chi connectivity index (χ0) is 14.1. The normalized spacial score (nSPS) is 16.5. The number of allylic oxidation sites excluding steroid dienone is 2. The van der Waals surface area contributed by atoms with Gasteiger partial charge in [0.2, 0.25) is 0 Å². The van der Waals surface area contributed by atoms with Crippen molar-refractivity contribution in [3.05, 3.63) is 93.9 Å². The Morgan fingerprint density at radius 1 is 0.762 bits per heavy atom. The highest BCUT2D eigenvalue weighted by atomic mass is 32.1. The Morgan fingerprint density at radius 3 is 1.81 bits per heavy atom. The zero-order valence-corrected chi connectivity index (χ0v) is 12.9. The van der Waals surface area contributed by atoms with Crippen molar-refractivity contribution < 1.29 is 0 Å². The third-order valence-corrected chi connectivity index (χ3v) is 5.74. The van der Waals surface area contributed by atoms with Gasteiger partial charge in [-0.2, -0.15) is 0 Å². The molecule has 3 aromatic heterocycles. The van der Waals surface area contributed by atoms with Gasteiger partial charge in [0.25, 0.3) is 0 Å². The molecular weight excluding hydrogens is 296 g/mol. The third-order valence-electron chi connectivity index (χ3n) is 3.69. The standard InChI is InChI=1S/C17H14N2S2/c1-2-10-18(9-1)19-11-7-17(8-12-19,15-5-3-13-20-15)16-6-4-14-21-16/h1-14H. The van der Waals surface area contributed by atoms with Gasteiger partial charge in [0, 0.05) is 34.5 Å². The van der Waals surface area contributed by atoms with Gasteiger partial charge >= 0.3 is 0 Å². The van der Waals surface area contributed by atoms with Crippen LogP contribution in [0.1, 0.15) is 9.75 Å². The topological polar surface area (TPSA) is 8.17 Å². The van der Waals surface area contributed by atoms with E-state index in [0.29, 0.717) is 0 Å². The number of hydrogen-bond donors (Lipinski definition) is 0. The average molecular weight is 310 g/mol. The van der Waals surface area contributed by atoms with E-state index in [0.717, 1.165) is 0 Å². The molecule has 4 heteroatoms. The van der Waals surface area contributed by atoms with Gasteiger partial charge in [0.05, 0.1) is 5.41 Å². The van der Waals surface area contributed by atoms with Crippen molar-refractivity contribution in [3.63, 3.8) is 0 Å². The Bertz CT molecular complexity index is 700. The summed E-state index contributed by atoms with van der Waals surface area (Å²) in [4.78, 5) is 2.70. The van der Waals surface area contributed by atoms with Crippen molar-refractivity contribution in [2.45, 2.75) is 5.41 Å². The molecule has 0 saturated carbocycles. The molecule has 1 aliphatic heterocycles. The van der Waals surface area contributed by atoms with Crippen LogP contribution in [0.4, 0.5) is 0 Å². The molecule has 104 valence electrons. The van der Waals surface area contributed by atoms with Gasteiger partial charge < -0.3 is 0 Å². The molecule has 0 atom stereocenters. The Balaban J connectivity index is 1.78. The first kappa shape index (κ1) is 12.7. The molecule has 0 amide bonds. The molecule has 4 heterocycles. The van der Waals surface area contributed by atoms with Crippen LogP contribution in [0.2, 0.25) is 0 Å². The summed E-state index contributed by atoms with van der Waals surface area (Å²) in [6.07, 6.45) is 12.9. The maximum atomic E-state index is 2.28. The van der Waals surface area contributed by atoms with E-state index < -0.39 is 0 Å². The summed E-state index contributed by atoms with van der Waals surface area (Å²) < 4.78 is 2.06. The Hall–Kier alpha value is -2.04. The molecule has 4 rings (SSSR count). The lowest BCUT2D eigenvalue weighted by atomic mass is 9.83. The van der Waals surface area contributed by atoms with E-state index >= 15 is 0 Å². The summed E-state index contributed by atoms with van der Waals surface area (Å²) in [6.45, 7) is 0. The van der Waals surface area contributed by atoms with E-state index in [4.69, 9.17) is 0 Å². The van der Waals surface area contributed by atoms with Crippen LogP contribution in [0.15, 0.2) is 84.1 Å². The predicted molar refractivity (Wildman–Crippen MR) is 90.3 cm³/mol. The molecule has 3 aromatic rings. The molecule has 0 unspecified atom stereocenters. The average Bonchev–Trinajstić information content (AvgIpc) is 3.29. The second-order valence-electron chi connectivity index (χ2n) is 4.90. The maximum absolute atomic E-state index is 2.28. The first-order valence-corrected chi connectivity index (χ1v) is 8.53. The first-order valence-electron chi connectivity index (χ1n) is 6.77. The van der Waals surface area contributed by atoms with Crippen LogP contribution in [-0.2, 0) is 5.41 Å². The van der Waals surface area contributed by atoms with E-state index in [2.05, 4.69) is 69.3 Å². The van der Waals surface area contributed by atoms with Crippen LogP contribution in [0.3, 0.4) is 0 Å². The first-order chi connectivity index (χ1) is 10.4. The highest BCUT2D eigenvalue weighted by Crippen LogP contribution is 2.41. The van der Waals surface area contributed by atoms with E-state index in [1.54, 1.807) is 22.7 Å². The largest absolute Gasteiger partial charge is 0.265 e. The molecule has 0 spiro atoms. The van der Waals surface area contributed by atoms with E-state index in [9.17, 15) is 0 Å². The molecule has 0 N–H and O–H groups in total. The minimum Gasteiger partial charge on any atom is -0.265 e. The van der Waals surface area contributed by atoms with E-state index in [-0.39, 0.29) is 5.41 Å². The number of aromatic nitrogens is 1.